The third kappa shape index (κ3) is 3.55. The molecule has 0 saturated heterocycles. The van der Waals surface area contributed by atoms with Crippen LogP contribution in [0.4, 0.5) is 0 Å². The first-order valence-corrected chi connectivity index (χ1v) is 9.10. The van der Waals surface area contributed by atoms with Gasteiger partial charge in [-0.15, -0.1) is 0 Å². The molecule has 0 unspecified atom stereocenters. The number of rotatable bonds is 5. The first-order valence-electron chi connectivity index (χ1n) is 8.34. The number of unbranched alkanes of at least 4 members (excludes halogenated alkanes) is 2. The number of hydrogen-bond donors (Lipinski definition) is 0. The third-order valence-electron chi connectivity index (χ3n) is 4.20. The Morgan fingerprint density at radius 3 is 2.64 bits per heavy atom. The molecule has 0 amide bonds. The van der Waals surface area contributed by atoms with Crippen LogP contribution in [0, 0.1) is 6.92 Å². The molecule has 4 nitrogen and oxygen atoms in total. The summed E-state index contributed by atoms with van der Waals surface area (Å²) in [5.41, 5.74) is 3.32. The summed E-state index contributed by atoms with van der Waals surface area (Å²) >= 11 is 12.4. The van der Waals surface area contributed by atoms with Gasteiger partial charge in [-0.25, -0.2) is 9.97 Å². The second kappa shape index (κ2) is 7.54. The Balaban J connectivity index is 2.24. The van der Waals surface area contributed by atoms with Gasteiger partial charge in [0.05, 0.1) is 0 Å². The zero-order valence-corrected chi connectivity index (χ0v) is 15.7. The summed E-state index contributed by atoms with van der Waals surface area (Å²) in [6.07, 6.45) is 4.78. The van der Waals surface area contributed by atoms with Crippen molar-refractivity contribution in [3.8, 4) is 11.1 Å². The van der Waals surface area contributed by atoms with Crippen LogP contribution in [0.2, 0.25) is 10.0 Å². The Kier molecular flexibility index (Phi) is 5.40. The lowest BCUT2D eigenvalue weighted by molar-refractivity contribution is 0.594. The molecule has 0 spiro atoms. The Labute approximate surface area is 156 Å². The van der Waals surface area contributed by atoms with Gasteiger partial charge in [0, 0.05) is 33.9 Å². The van der Waals surface area contributed by atoms with Gasteiger partial charge in [-0.1, -0.05) is 49.0 Å². The monoisotopic (exact) mass is 375 g/mol. The largest absolute Gasteiger partial charge is 0.290 e. The van der Waals surface area contributed by atoms with Gasteiger partial charge in [-0.05, 0) is 31.5 Å². The number of fused-ring (bicyclic) bond motifs is 1. The van der Waals surface area contributed by atoms with E-state index in [9.17, 15) is 4.79 Å². The Morgan fingerprint density at radius 1 is 1.12 bits per heavy atom. The fourth-order valence-electron chi connectivity index (χ4n) is 2.91. The maximum absolute atomic E-state index is 12.6. The summed E-state index contributed by atoms with van der Waals surface area (Å²) in [4.78, 5) is 21.5. The van der Waals surface area contributed by atoms with Crippen LogP contribution in [0.1, 0.15) is 31.9 Å². The maximum atomic E-state index is 12.6. The summed E-state index contributed by atoms with van der Waals surface area (Å²) in [5.74, 6) is 0. The van der Waals surface area contributed by atoms with Crippen molar-refractivity contribution in [1.82, 2.24) is 14.5 Å². The maximum Gasteiger partial charge on any atom is 0.273 e. The molecule has 3 rings (SSSR count). The van der Waals surface area contributed by atoms with E-state index in [1.165, 1.54) is 0 Å². The molecule has 3 aromatic rings. The zero-order valence-electron chi connectivity index (χ0n) is 14.2. The fraction of sp³-hybridized carbons (Fsp3) is 0.316. The van der Waals surface area contributed by atoms with Crippen molar-refractivity contribution in [2.75, 3.05) is 0 Å². The lowest BCUT2D eigenvalue weighted by atomic mass is 10.1. The van der Waals surface area contributed by atoms with Gasteiger partial charge in [-0.3, -0.25) is 9.36 Å². The molecule has 0 atom stereocenters. The average Bonchev–Trinajstić information content (AvgIpc) is 2.58. The molecular formula is C19H19Cl2N3O. The number of halogens is 2. The van der Waals surface area contributed by atoms with Crippen LogP contribution in [0.15, 0.2) is 35.3 Å². The minimum atomic E-state index is -0.0875. The summed E-state index contributed by atoms with van der Waals surface area (Å²) < 4.78 is 1.72. The van der Waals surface area contributed by atoms with Crippen molar-refractivity contribution in [2.45, 2.75) is 39.7 Å². The van der Waals surface area contributed by atoms with Crippen molar-refractivity contribution in [2.24, 2.45) is 0 Å². The Morgan fingerprint density at radius 2 is 1.92 bits per heavy atom. The first kappa shape index (κ1) is 17.9. The lowest BCUT2D eigenvalue weighted by Gasteiger charge is -2.13. The van der Waals surface area contributed by atoms with Gasteiger partial charge in [0.1, 0.15) is 11.2 Å². The van der Waals surface area contributed by atoms with E-state index in [0.717, 1.165) is 30.4 Å². The molecule has 0 fully saturated rings. The molecule has 0 N–H and O–H groups in total. The molecule has 0 bridgehead atoms. The highest BCUT2D eigenvalue weighted by molar-refractivity contribution is 6.36. The van der Waals surface area contributed by atoms with Crippen molar-refractivity contribution in [3.63, 3.8) is 0 Å². The number of hydrogen-bond acceptors (Lipinski definition) is 3. The van der Waals surface area contributed by atoms with E-state index in [1.54, 1.807) is 29.8 Å². The number of nitrogens with zero attached hydrogens (tertiary/aromatic N) is 3. The van der Waals surface area contributed by atoms with Crippen molar-refractivity contribution >= 4 is 34.4 Å². The normalized spacial score (nSPS) is 11.2. The molecular weight excluding hydrogens is 357 g/mol. The smallest absolute Gasteiger partial charge is 0.273 e. The molecule has 0 saturated carbocycles. The molecule has 2 aromatic heterocycles. The summed E-state index contributed by atoms with van der Waals surface area (Å²) in [5, 5.41) is 1.12. The average molecular weight is 376 g/mol. The number of pyridine rings is 1. The van der Waals surface area contributed by atoms with E-state index >= 15 is 0 Å². The molecule has 0 aliphatic carbocycles. The highest BCUT2D eigenvalue weighted by Gasteiger charge is 2.15. The highest BCUT2D eigenvalue weighted by Crippen LogP contribution is 2.33. The topological polar surface area (TPSA) is 47.8 Å². The van der Waals surface area contributed by atoms with Crippen LogP contribution < -0.4 is 5.56 Å². The molecule has 1 aromatic carbocycles. The van der Waals surface area contributed by atoms with Crippen LogP contribution in [-0.2, 0) is 6.54 Å². The molecule has 0 aliphatic heterocycles. The van der Waals surface area contributed by atoms with Gasteiger partial charge >= 0.3 is 0 Å². The lowest BCUT2D eigenvalue weighted by Crippen LogP contribution is -2.25. The van der Waals surface area contributed by atoms with E-state index in [1.807, 2.05) is 12.1 Å². The van der Waals surface area contributed by atoms with E-state index in [2.05, 4.69) is 16.9 Å². The van der Waals surface area contributed by atoms with Gasteiger partial charge in [-0.2, -0.15) is 0 Å². The van der Waals surface area contributed by atoms with E-state index in [4.69, 9.17) is 23.2 Å². The Hall–Kier alpha value is -1.91. The molecule has 130 valence electrons. The van der Waals surface area contributed by atoms with E-state index < -0.39 is 0 Å². The molecule has 0 aliphatic rings. The van der Waals surface area contributed by atoms with E-state index in [0.29, 0.717) is 33.4 Å². The SMILES string of the molecule is CCCCCn1c(=O)c(C)nc2c(-c3ccc(Cl)cc3Cl)ccnc21. The predicted octanol–water partition coefficient (Wildman–Crippen LogP) is 5.26. The first-order chi connectivity index (χ1) is 12.0. The minimum absolute atomic E-state index is 0.0875. The Bertz CT molecular complexity index is 982. The van der Waals surface area contributed by atoms with Gasteiger partial charge in [0.2, 0.25) is 0 Å². The third-order valence-corrected chi connectivity index (χ3v) is 4.75. The van der Waals surface area contributed by atoms with Crippen LogP contribution in [0.5, 0.6) is 0 Å². The predicted molar refractivity (Wildman–Crippen MR) is 104 cm³/mol. The zero-order chi connectivity index (χ0) is 18.0. The number of aromatic nitrogens is 3. The second-order valence-corrected chi connectivity index (χ2v) is 6.86. The molecule has 6 heteroatoms. The molecule has 2 heterocycles. The number of benzene rings is 1. The standard InChI is InChI=1S/C19H19Cl2N3O/c1-3-4-5-10-24-18-17(23-12(2)19(24)25)15(8-9-22-18)14-7-6-13(20)11-16(14)21/h6-9,11H,3-5,10H2,1-2H3. The van der Waals surface area contributed by atoms with Gasteiger partial charge in [0.15, 0.2) is 5.65 Å². The summed E-state index contributed by atoms with van der Waals surface area (Å²) in [6, 6.07) is 7.22. The van der Waals surface area contributed by atoms with Gasteiger partial charge < -0.3 is 0 Å². The van der Waals surface area contributed by atoms with E-state index in [-0.39, 0.29) is 5.56 Å². The quantitative estimate of drug-likeness (QED) is 0.571. The van der Waals surface area contributed by atoms with Crippen molar-refractivity contribution in [3.05, 3.63) is 56.6 Å². The van der Waals surface area contributed by atoms with Crippen LogP contribution in [0.3, 0.4) is 0 Å². The van der Waals surface area contributed by atoms with Gasteiger partial charge in [0.25, 0.3) is 5.56 Å². The molecule has 0 radical (unpaired) electrons. The minimum Gasteiger partial charge on any atom is -0.290 e. The van der Waals surface area contributed by atoms with Crippen LogP contribution >= 0.6 is 23.2 Å². The highest BCUT2D eigenvalue weighted by atomic mass is 35.5. The summed E-state index contributed by atoms with van der Waals surface area (Å²) in [7, 11) is 0. The number of aryl methyl sites for hydroxylation is 2. The molecule has 25 heavy (non-hydrogen) atoms. The summed E-state index contributed by atoms with van der Waals surface area (Å²) in [6.45, 7) is 4.51. The van der Waals surface area contributed by atoms with Crippen molar-refractivity contribution in [1.29, 1.82) is 0 Å². The second-order valence-electron chi connectivity index (χ2n) is 6.02. The van der Waals surface area contributed by atoms with Crippen LogP contribution in [-0.4, -0.2) is 14.5 Å². The van der Waals surface area contributed by atoms with Crippen molar-refractivity contribution < 1.29 is 0 Å². The fourth-order valence-corrected chi connectivity index (χ4v) is 3.42. The van der Waals surface area contributed by atoms with Crippen LogP contribution in [0.25, 0.3) is 22.3 Å².